The highest BCUT2D eigenvalue weighted by Gasteiger charge is 2.63. The number of aromatic nitrogens is 1. The molecule has 184 valence electrons. The number of anilines is 1. The van der Waals surface area contributed by atoms with Crippen LogP contribution in [-0.2, 0) is 21.4 Å². The molecule has 1 fully saturated rings. The number of thiophene rings is 1. The van der Waals surface area contributed by atoms with Crippen molar-refractivity contribution < 1.29 is 18.3 Å². The number of pyridine rings is 1. The molecule has 0 amide bonds. The molecule has 1 aliphatic carbocycles. The topological polar surface area (TPSA) is 108 Å². The Hall–Kier alpha value is -3.24. The third-order valence-corrected chi connectivity index (χ3v) is 9.53. The fraction of sp³-hybridized carbons (Fsp3) is 0.154. The van der Waals surface area contributed by atoms with E-state index in [1.54, 1.807) is 30.6 Å². The van der Waals surface area contributed by atoms with Crippen molar-refractivity contribution in [1.29, 1.82) is 0 Å². The van der Waals surface area contributed by atoms with Crippen LogP contribution in [0.5, 0.6) is 0 Å². The van der Waals surface area contributed by atoms with Crippen molar-refractivity contribution in [3.63, 3.8) is 0 Å². The SMILES string of the molecule is O=C(O)C1(NS(=O)(=O)c2ccc(-c3ccc(Cl)cc3)s2)CC1c1cccc(CNc2cccnc2)c1. The first kappa shape index (κ1) is 24.5. The van der Waals surface area contributed by atoms with Gasteiger partial charge in [-0.25, -0.2) is 8.42 Å². The zero-order valence-electron chi connectivity index (χ0n) is 18.9. The number of benzene rings is 2. The van der Waals surface area contributed by atoms with Gasteiger partial charge in [0, 0.05) is 34.8 Å². The van der Waals surface area contributed by atoms with Crippen LogP contribution in [0, 0.1) is 0 Å². The Morgan fingerprint density at radius 2 is 1.92 bits per heavy atom. The molecule has 7 nitrogen and oxygen atoms in total. The van der Waals surface area contributed by atoms with Crippen molar-refractivity contribution in [2.45, 2.75) is 28.6 Å². The number of aliphatic carboxylic acids is 1. The van der Waals surface area contributed by atoms with Gasteiger partial charge in [-0.2, -0.15) is 4.72 Å². The summed E-state index contributed by atoms with van der Waals surface area (Å²) in [6.07, 6.45) is 3.59. The summed E-state index contributed by atoms with van der Waals surface area (Å²) in [5.74, 6) is -1.66. The van der Waals surface area contributed by atoms with Gasteiger partial charge in [-0.05, 0) is 59.5 Å². The van der Waals surface area contributed by atoms with Crippen molar-refractivity contribution in [1.82, 2.24) is 9.71 Å². The molecule has 1 saturated carbocycles. The second-order valence-corrected chi connectivity index (χ2v) is 12.0. The highest BCUT2D eigenvalue weighted by molar-refractivity contribution is 7.91. The van der Waals surface area contributed by atoms with E-state index in [4.69, 9.17) is 11.6 Å². The Balaban J connectivity index is 1.33. The van der Waals surface area contributed by atoms with Gasteiger partial charge in [-0.15, -0.1) is 11.3 Å². The van der Waals surface area contributed by atoms with E-state index in [9.17, 15) is 18.3 Å². The lowest BCUT2D eigenvalue weighted by molar-refractivity contribution is -0.140. The van der Waals surface area contributed by atoms with E-state index in [1.807, 2.05) is 48.5 Å². The first-order valence-corrected chi connectivity index (χ1v) is 13.8. The number of sulfonamides is 1. The zero-order chi connectivity index (χ0) is 25.3. The van der Waals surface area contributed by atoms with Crippen LogP contribution in [0.1, 0.15) is 23.5 Å². The predicted molar refractivity (Wildman–Crippen MR) is 141 cm³/mol. The number of hydrogen-bond acceptors (Lipinski definition) is 6. The lowest BCUT2D eigenvalue weighted by Crippen LogP contribution is -2.44. The predicted octanol–water partition coefficient (Wildman–Crippen LogP) is 5.36. The van der Waals surface area contributed by atoms with E-state index in [-0.39, 0.29) is 10.6 Å². The number of carbonyl (C=O) groups is 1. The molecule has 3 N–H and O–H groups in total. The first-order valence-electron chi connectivity index (χ1n) is 11.1. The fourth-order valence-electron chi connectivity index (χ4n) is 4.17. The van der Waals surface area contributed by atoms with Gasteiger partial charge in [-0.3, -0.25) is 9.78 Å². The van der Waals surface area contributed by atoms with Crippen LogP contribution in [0.15, 0.2) is 89.4 Å². The molecule has 10 heteroatoms. The average Bonchev–Trinajstić information content (AvgIpc) is 3.37. The van der Waals surface area contributed by atoms with Crippen LogP contribution in [0.2, 0.25) is 5.02 Å². The van der Waals surface area contributed by atoms with Gasteiger partial charge in [0.05, 0.1) is 5.69 Å². The number of rotatable bonds is 9. The summed E-state index contributed by atoms with van der Waals surface area (Å²) in [6.45, 7) is 0.528. The third-order valence-electron chi connectivity index (χ3n) is 6.15. The average molecular weight is 540 g/mol. The van der Waals surface area contributed by atoms with Gasteiger partial charge in [0.1, 0.15) is 9.75 Å². The summed E-state index contributed by atoms with van der Waals surface area (Å²) in [5.41, 5.74) is 1.85. The number of carboxylic acids is 1. The third kappa shape index (κ3) is 5.01. The van der Waals surface area contributed by atoms with Gasteiger partial charge in [0.15, 0.2) is 0 Å². The quantitative estimate of drug-likeness (QED) is 0.264. The fourth-order valence-corrected chi connectivity index (χ4v) is 7.02. The van der Waals surface area contributed by atoms with E-state index >= 15 is 0 Å². The van der Waals surface area contributed by atoms with E-state index < -0.39 is 27.4 Å². The van der Waals surface area contributed by atoms with Crippen molar-refractivity contribution >= 4 is 44.6 Å². The largest absolute Gasteiger partial charge is 0.480 e. The monoisotopic (exact) mass is 539 g/mol. The molecule has 0 aliphatic heterocycles. The maximum absolute atomic E-state index is 13.2. The number of nitrogens with one attached hydrogen (secondary N) is 2. The Labute approximate surface area is 217 Å². The summed E-state index contributed by atoms with van der Waals surface area (Å²) in [5, 5.41) is 13.9. The van der Waals surface area contributed by atoms with Crippen molar-refractivity contribution in [2.75, 3.05) is 5.32 Å². The number of halogens is 1. The molecule has 0 bridgehead atoms. The minimum absolute atomic E-state index is 0.0631. The van der Waals surface area contributed by atoms with Crippen molar-refractivity contribution in [2.24, 2.45) is 0 Å². The molecule has 0 saturated heterocycles. The number of hydrogen-bond donors (Lipinski definition) is 3. The molecule has 36 heavy (non-hydrogen) atoms. The second kappa shape index (κ2) is 9.67. The number of carboxylic acid groups (broad SMARTS) is 1. The molecule has 0 spiro atoms. The van der Waals surface area contributed by atoms with Gasteiger partial charge < -0.3 is 10.4 Å². The van der Waals surface area contributed by atoms with Crippen molar-refractivity contribution in [3.05, 3.63) is 101 Å². The van der Waals surface area contributed by atoms with Crippen LogP contribution >= 0.6 is 22.9 Å². The van der Waals surface area contributed by atoms with Gasteiger partial charge in [0.2, 0.25) is 0 Å². The van der Waals surface area contributed by atoms with Gasteiger partial charge in [-0.1, -0.05) is 48.0 Å². The van der Waals surface area contributed by atoms with E-state index in [0.29, 0.717) is 11.6 Å². The highest BCUT2D eigenvalue weighted by atomic mass is 35.5. The van der Waals surface area contributed by atoms with E-state index in [1.165, 1.54) is 6.07 Å². The Morgan fingerprint density at radius 3 is 2.64 bits per heavy atom. The van der Waals surface area contributed by atoms with Crippen molar-refractivity contribution in [3.8, 4) is 10.4 Å². The van der Waals surface area contributed by atoms with Gasteiger partial charge >= 0.3 is 5.97 Å². The normalized spacial score (nSPS) is 19.1. The molecular formula is C26H22ClN3O4S2. The Kier molecular flexibility index (Phi) is 6.57. The van der Waals surface area contributed by atoms with Crippen LogP contribution in [0.4, 0.5) is 5.69 Å². The van der Waals surface area contributed by atoms with E-state index in [0.717, 1.165) is 38.6 Å². The maximum atomic E-state index is 13.2. The zero-order valence-corrected chi connectivity index (χ0v) is 21.3. The molecule has 2 aromatic heterocycles. The number of nitrogens with zero attached hydrogens (tertiary/aromatic N) is 1. The first-order chi connectivity index (χ1) is 17.3. The second-order valence-electron chi connectivity index (χ2n) is 8.60. The Morgan fingerprint density at radius 1 is 1.11 bits per heavy atom. The summed E-state index contributed by atoms with van der Waals surface area (Å²) in [4.78, 5) is 17.1. The minimum Gasteiger partial charge on any atom is -0.480 e. The lowest BCUT2D eigenvalue weighted by atomic mass is 10.0. The smallest absolute Gasteiger partial charge is 0.325 e. The molecule has 1 aliphatic rings. The molecule has 2 heterocycles. The standard InChI is InChI=1S/C26H22ClN3O4S2/c27-20-8-6-18(7-9-20)23-10-11-24(35-23)36(33,34)30-26(25(31)32)14-22(26)19-4-1-3-17(13-19)15-29-21-5-2-12-28-16-21/h1-13,16,22,29-30H,14-15H2,(H,31,32). The molecule has 2 atom stereocenters. The van der Waals surface area contributed by atoms with Crippen LogP contribution in [0.25, 0.3) is 10.4 Å². The van der Waals surface area contributed by atoms with Crippen LogP contribution in [0.3, 0.4) is 0 Å². The summed E-state index contributed by atoms with van der Waals surface area (Å²) >= 11 is 7.02. The lowest BCUT2D eigenvalue weighted by Gasteiger charge is -2.15. The van der Waals surface area contributed by atoms with Crippen LogP contribution in [-0.4, -0.2) is 30.0 Å². The maximum Gasteiger partial charge on any atom is 0.325 e. The molecular weight excluding hydrogens is 518 g/mol. The minimum atomic E-state index is -4.05. The highest BCUT2D eigenvalue weighted by Crippen LogP contribution is 2.52. The van der Waals surface area contributed by atoms with Gasteiger partial charge in [0.25, 0.3) is 10.0 Å². The molecule has 2 aromatic carbocycles. The molecule has 2 unspecified atom stereocenters. The summed E-state index contributed by atoms with van der Waals surface area (Å²) < 4.78 is 28.9. The molecule has 0 radical (unpaired) electrons. The van der Waals surface area contributed by atoms with E-state index in [2.05, 4.69) is 15.0 Å². The molecule has 4 aromatic rings. The molecule has 5 rings (SSSR count). The summed E-state index contributed by atoms with van der Waals surface area (Å²) in [6, 6.07) is 21.6. The van der Waals surface area contributed by atoms with Crippen LogP contribution < -0.4 is 10.0 Å². The summed E-state index contributed by atoms with van der Waals surface area (Å²) in [7, 11) is -4.05. The Bertz CT molecular complexity index is 1510.